The van der Waals surface area contributed by atoms with Crippen molar-refractivity contribution in [2.24, 2.45) is 11.7 Å². The summed E-state index contributed by atoms with van der Waals surface area (Å²) < 4.78 is 0. The normalized spacial score (nSPS) is 11.8. The van der Waals surface area contributed by atoms with Crippen LogP contribution < -0.4 is 11.1 Å². The second-order valence-corrected chi connectivity index (χ2v) is 3.95. The van der Waals surface area contributed by atoms with Gasteiger partial charge in [-0.3, -0.25) is 19.6 Å². The van der Waals surface area contributed by atoms with Crippen molar-refractivity contribution in [3.8, 4) is 0 Å². The molecule has 0 saturated carbocycles. The first-order chi connectivity index (χ1) is 8.08. The van der Waals surface area contributed by atoms with E-state index in [1.165, 1.54) is 0 Å². The maximum atomic E-state index is 11.5. The van der Waals surface area contributed by atoms with Crippen molar-refractivity contribution in [1.29, 1.82) is 0 Å². The summed E-state index contributed by atoms with van der Waals surface area (Å²) in [5.41, 5.74) is 5.74. The van der Waals surface area contributed by atoms with Gasteiger partial charge in [0.2, 0.25) is 11.8 Å². The zero-order valence-corrected chi connectivity index (χ0v) is 9.72. The number of nitrogens with two attached hydrogens (primary N) is 1. The maximum Gasteiger partial charge on any atom is 0.220 e. The van der Waals surface area contributed by atoms with Gasteiger partial charge in [-0.15, -0.1) is 0 Å². The topological polar surface area (TPSA) is 98.0 Å². The summed E-state index contributed by atoms with van der Waals surface area (Å²) in [6, 6.07) is 0. The van der Waals surface area contributed by atoms with Crippen LogP contribution in [0.25, 0.3) is 0 Å². The van der Waals surface area contributed by atoms with Gasteiger partial charge in [0.25, 0.3) is 0 Å². The molecule has 0 aliphatic rings. The molecule has 0 fully saturated rings. The Hall–Kier alpha value is -1.98. The van der Waals surface area contributed by atoms with Gasteiger partial charge < -0.3 is 11.1 Å². The summed E-state index contributed by atoms with van der Waals surface area (Å²) in [5.74, 6) is -0.557. The molecule has 0 aliphatic heterocycles. The lowest BCUT2D eigenvalue weighted by Crippen LogP contribution is -2.26. The highest BCUT2D eigenvalue weighted by Crippen LogP contribution is 2.06. The van der Waals surface area contributed by atoms with Gasteiger partial charge in [-0.05, 0) is 5.92 Å². The first-order valence-electron chi connectivity index (χ1n) is 5.38. The summed E-state index contributed by atoms with van der Waals surface area (Å²) in [5, 5.41) is 2.71. The fourth-order valence-corrected chi connectivity index (χ4v) is 1.41. The molecule has 1 aromatic rings. The highest BCUT2D eigenvalue weighted by Gasteiger charge is 2.11. The third kappa shape index (κ3) is 5.60. The van der Waals surface area contributed by atoms with E-state index >= 15 is 0 Å². The molecule has 0 saturated heterocycles. The molecule has 2 amide bonds. The van der Waals surface area contributed by atoms with Crippen molar-refractivity contribution in [3.05, 3.63) is 24.3 Å². The second-order valence-electron chi connectivity index (χ2n) is 3.95. The maximum absolute atomic E-state index is 11.5. The van der Waals surface area contributed by atoms with Crippen molar-refractivity contribution >= 4 is 11.8 Å². The quantitative estimate of drug-likeness (QED) is 0.726. The van der Waals surface area contributed by atoms with E-state index in [1.807, 2.05) is 6.92 Å². The highest BCUT2D eigenvalue weighted by molar-refractivity contribution is 5.78. The van der Waals surface area contributed by atoms with Crippen molar-refractivity contribution in [1.82, 2.24) is 15.3 Å². The average molecular weight is 236 g/mol. The molecule has 3 N–H and O–H groups in total. The summed E-state index contributed by atoms with van der Waals surface area (Å²) in [6.45, 7) is 2.16. The van der Waals surface area contributed by atoms with Crippen LogP contribution in [0.15, 0.2) is 18.6 Å². The fraction of sp³-hybridized carbons (Fsp3) is 0.455. The van der Waals surface area contributed by atoms with Crippen LogP contribution in [0.3, 0.4) is 0 Å². The van der Waals surface area contributed by atoms with E-state index in [9.17, 15) is 9.59 Å². The summed E-state index contributed by atoms with van der Waals surface area (Å²) in [6.07, 6.45) is 5.23. The Morgan fingerprint density at radius 3 is 2.76 bits per heavy atom. The van der Waals surface area contributed by atoms with E-state index in [0.29, 0.717) is 12.2 Å². The van der Waals surface area contributed by atoms with E-state index in [4.69, 9.17) is 5.73 Å². The number of rotatable bonds is 6. The minimum Gasteiger partial charge on any atom is -0.370 e. The van der Waals surface area contributed by atoms with E-state index < -0.39 is 0 Å². The standard InChI is InChI=1S/C11H16N4O2/c1-8(4-10(12)16)5-11(17)15-7-9-6-13-2-3-14-9/h2-3,6,8H,4-5,7H2,1H3,(H2,12,16)(H,15,17)/t8-/m1/s1. The zero-order chi connectivity index (χ0) is 12.7. The third-order valence-corrected chi connectivity index (χ3v) is 2.17. The molecule has 0 aliphatic carbocycles. The lowest BCUT2D eigenvalue weighted by molar-refractivity contribution is -0.122. The molecule has 6 nitrogen and oxygen atoms in total. The monoisotopic (exact) mass is 236 g/mol. The Morgan fingerprint density at radius 2 is 2.18 bits per heavy atom. The molecule has 0 radical (unpaired) electrons. The smallest absolute Gasteiger partial charge is 0.220 e. The number of aromatic nitrogens is 2. The summed E-state index contributed by atoms with van der Waals surface area (Å²) in [4.78, 5) is 30.1. The van der Waals surface area contributed by atoms with Gasteiger partial charge in [0.15, 0.2) is 0 Å². The van der Waals surface area contributed by atoms with Crippen LogP contribution in [0.4, 0.5) is 0 Å². The van der Waals surface area contributed by atoms with Crippen LogP contribution in [0.1, 0.15) is 25.5 Å². The lowest BCUT2D eigenvalue weighted by atomic mass is 10.0. The number of carbonyl (C=O) groups excluding carboxylic acids is 2. The van der Waals surface area contributed by atoms with Gasteiger partial charge in [0.05, 0.1) is 18.4 Å². The Balaban J connectivity index is 2.28. The van der Waals surface area contributed by atoms with E-state index in [0.717, 1.165) is 0 Å². The van der Waals surface area contributed by atoms with Gasteiger partial charge in [-0.2, -0.15) is 0 Å². The van der Waals surface area contributed by atoms with Gasteiger partial charge >= 0.3 is 0 Å². The molecule has 92 valence electrons. The Kier molecular flexibility index (Phi) is 5.06. The van der Waals surface area contributed by atoms with E-state index in [1.54, 1.807) is 18.6 Å². The largest absolute Gasteiger partial charge is 0.370 e. The van der Waals surface area contributed by atoms with Crippen molar-refractivity contribution < 1.29 is 9.59 Å². The van der Waals surface area contributed by atoms with Crippen LogP contribution in [-0.2, 0) is 16.1 Å². The number of nitrogens with one attached hydrogen (secondary N) is 1. The Labute approximate surface area is 99.6 Å². The van der Waals surface area contributed by atoms with Gasteiger partial charge in [-0.1, -0.05) is 6.92 Å². The van der Waals surface area contributed by atoms with Crippen LogP contribution >= 0.6 is 0 Å². The predicted molar refractivity (Wildman–Crippen MR) is 61.5 cm³/mol. The third-order valence-electron chi connectivity index (χ3n) is 2.17. The van der Waals surface area contributed by atoms with Crippen LogP contribution in [0.2, 0.25) is 0 Å². The number of hydrogen-bond acceptors (Lipinski definition) is 4. The number of nitrogens with zero attached hydrogens (tertiary/aromatic N) is 2. The molecule has 0 bridgehead atoms. The molecule has 6 heteroatoms. The molecular weight excluding hydrogens is 220 g/mol. The summed E-state index contributed by atoms with van der Waals surface area (Å²) >= 11 is 0. The number of hydrogen-bond donors (Lipinski definition) is 2. The van der Waals surface area contributed by atoms with E-state index in [-0.39, 0.29) is 30.6 Å². The molecule has 1 heterocycles. The first-order valence-corrected chi connectivity index (χ1v) is 5.38. The van der Waals surface area contributed by atoms with Gasteiger partial charge in [0.1, 0.15) is 0 Å². The molecule has 0 unspecified atom stereocenters. The first kappa shape index (κ1) is 13.1. The van der Waals surface area contributed by atoms with Crippen molar-refractivity contribution in [2.75, 3.05) is 0 Å². The van der Waals surface area contributed by atoms with E-state index in [2.05, 4.69) is 15.3 Å². The molecule has 0 spiro atoms. The van der Waals surface area contributed by atoms with Crippen LogP contribution in [-0.4, -0.2) is 21.8 Å². The van der Waals surface area contributed by atoms with Crippen molar-refractivity contribution in [3.63, 3.8) is 0 Å². The van der Waals surface area contributed by atoms with Gasteiger partial charge in [0, 0.05) is 25.2 Å². The van der Waals surface area contributed by atoms with Crippen molar-refractivity contribution in [2.45, 2.75) is 26.3 Å². The van der Waals surface area contributed by atoms with Gasteiger partial charge in [-0.25, -0.2) is 0 Å². The molecule has 0 aromatic carbocycles. The number of amides is 2. The molecular formula is C11H16N4O2. The minimum atomic E-state index is -0.390. The number of primary amides is 1. The Morgan fingerprint density at radius 1 is 1.41 bits per heavy atom. The van der Waals surface area contributed by atoms with Crippen LogP contribution in [0, 0.1) is 5.92 Å². The molecule has 1 atom stereocenters. The molecule has 1 aromatic heterocycles. The average Bonchev–Trinajstić information content (AvgIpc) is 2.26. The second kappa shape index (κ2) is 6.57. The highest BCUT2D eigenvalue weighted by atomic mass is 16.2. The predicted octanol–water partition coefficient (Wildman–Crippen LogP) is -0.00560. The summed E-state index contributed by atoms with van der Waals surface area (Å²) in [7, 11) is 0. The van der Waals surface area contributed by atoms with Crippen LogP contribution in [0.5, 0.6) is 0 Å². The lowest BCUT2D eigenvalue weighted by Gasteiger charge is -2.09. The zero-order valence-electron chi connectivity index (χ0n) is 9.72. The Bertz CT molecular complexity index is 380. The fourth-order valence-electron chi connectivity index (χ4n) is 1.41. The molecule has 1 rings (SSSR count). The molecule has 17 heavy (non-hydrogen) atoms. The number of carbonyl (C=O) groups is 2. The SMILES string of the molecule is C[C@H](CC(N)=O)CC(=O)NCc1cnccn1. The minimum absolute atomic E-state index is 0.0469.